The zero-order valence-corrected chi connectivity index (χ0v) is 19.4. The van der Waals surface area contributed by atoms with Gasteiger partial charge in [0.1, 0.15) is 24.2 Å². The van der Waals surface area contributed by atoms with Crippen molar-refractivity contribution in [3.63, 3.8) is 0 Å². The molecule has 1 aromatic carbocycles. The van der Waals surface area contributed by atoms with Gasteiger partial charge >= 0.3 is 5.97 Å². The monoisotopic (exact) mass is 448 g/mol. The number of carbonyl (C=O) groups is 1. The van der Waals surface area contributed by atoms with Crippen molar-refractivity contribution in [3.05, 3.63) is 30.1 Å². The molecule has 2 aromatic rings. The van der Waals surface area contributed by atoms with Gasteiger partial charge in [0.2, 0.25) is 5.16 Å². The highest BCUT2D eigenvalue weighted by molar-refractivity contribution is 7.99. The number of aromatic nitrogens is 3. The van der Waals surface area contributed by atoms with E-state index in [0.29, 0.717) is 40.2 Å². The molecule has 2 N–H and O–H groups in total. The standard InChI is InChI=1S/C22H32N4O4S/c1-14(2)18-9-8-15(3)10-19(18)30-21(27)13-31-22-25-24-20(26(22)23)12-29-17-7-5-6-16(11-17)28-4/h5-7,11,14-15,18-19H,8-10,12-13,23H2,1-4H3/t15-,18+,19+/m0/s1. The Balaban J connectivity index is 1.51. The maximum Gasteiger partial charge on any atom is 0.316 e. The van der Waals surface area contributed by atoms with Gasteiger partial charge < -0.3 is 20.1 Å². The first-order valence-electron chi connectivity index (χ1n) is 10.7. The second-order valence-electron chi connectivity index (χ2n) is 8.38. The number of hydrogen-bond donors (Lipinski definition) is 1. The van der Waals surface area contributed by atoms with E-state index in [1.165, 1.54) is 22.9 Å². The second kappa shape index (κ2) is 10.7. The van der Waals surface area contributed by atoms with E-state index in [1.807, 2.05) is 18.2 Å². The maximum absolute atomic E-state index is 12.5. The van der Waals surface area contributed by atoms with Crippen LogP contribution in [-0.2, 0) is 16.1 Å². The number of benzene rings is 1. The zero-order chi connectivity index (χ0) is 22.4. The number of nitrogen functional groups attached to an aromatic ring is 1. The fraction of sp³-hybridized carbons (Fsp3) is 0.591. The van der Waals surface area contributed by atoms with Crippen LogP contribution in [0.15, 0.2) is 29.4 Å². The summed E-state index contributed by atoms with van der Waals surface area (Å²) in [6, 6.07) is 7.27. The predicted octanol–water partition coefficient (Wildman–Crippen LogP) is 3.68. The molecule has 0 amide bonds. The molecule has 1 heterocycles. The van der Waals surface area contributed by atoms with E-state index in [4.69, 9.17) is 20.1 Å². The number of rotatable bonds is 9. The molecule has 1 fully saturated rings. The molecule has 3 atom stereocenters. The van der Waals surface area contributed by atoms with E-state index < -0.39 is 0 Å². The third kappa shape index (κ3) is 6.29. The highest BCUT2D eigenvalue weighted by atomic mass is 32.2. The summed E-state index contributed by atoms with van der Waals surface area (Å²) in [6.07, 6.45) is 3.22. The minimum absolute atomic E-state index is 0.0144. The topological polar surface area (TPSA) is 101 Å². The SMILES string of the molecule is COc1cccc(OCc2nnc(SCC(=O)O[C@@H]3C[C@@H](C)CC[C@@H]3C(C)C)n2N)c1. The Morgan fingerprint density at radius 3 is 2.81 bits per heavy atom. The molecule has 0 aliphatic heterocycles. The van der Waals surface area contributed by atoms with Gasteiger partial charge in [-0.15, -0.1) is 10.2 Å². The zero-order valence-electron chi connectivity index (χ0n) is 18.6. The number of ether oxygens (including phenoxy) is 3. The summed E-state index contributed by atoms with van der Waals surface area (Å²) < 4.78 is 18.1. The van der Waals surface area contributed by atoms with Crippen LogP contribution in [-0.4, -0.2) is 39.8 Å². The van der Waals surface area contributed by atoms with Gasteiger partial charge in [-0.2, -0.15) is 0 Å². The van der Waals surface area contributed by atoms with Gasteiger partial charge in [-0.25, -0.2) is 4.68 Å². The van der Waals surface area contributed by atoms with Crippen LogP contribution in [0.3, 0.4) is 0 Å². The number of carbonyl (C=O) groups excluding carboxylic acids is 1. The van der Waals surface area contributed by atoms with E-state index >= 15 is 0 Å². The van der Waals surface area contributed by atoms with Crippen LogP contribution in [0, 0.1) is 17.8 Å². The average molecular weight is 449 g/mol. The molecule has 0 spiro atoms. The molecular formula is C22H32N4O4S. The number of esters is 1. The molecule has 3 rings (SSSR count). The van der Waals surface area contributed by atoms with Crippen LogP contribution in [0.4, 0.5) is 0 Å². The largest absolute Gasteiger partial charge is 0.497 e. The van der Waals surface area contributed by atoms with Crippen molar-refractivity contribution < 1.29 is 19.0 Å². The van der Waals surface area contributed by atoms with Gasteiger partial charge in [0.25, 0.3) is 0 Å². The molecule has 0 radical (unpaired) electrons. The summed E-state index contributed by atoms with van der Waals surface area (Å²) in [5.74, 6) is 9.29. The van der Waals surface area contributed by atoms with Crippen molar-refractivity contribution in [2.24, 2.45) is 17.8 Å². The number of thioether (sulfide) groups is 1. The number of nitrogens with two attached hydrogens (primary N) is 1. The van der Waals surface area contributed by atoms with Crippen LogP contribution >= 0.6 is 11.8 Å². The first-order chi connectivity index (χ1) is 14.9. The fourth-order valence-corrected chi connectivity index (χ4v) is 4.58. The lowest BCUT2D eigenvalue weighted by molar-refractivity contribution is -0.152. The molecule has 0 bridgehead atoms. The van der Waals surface area contributed by atoms with Gasteiger partial charge in [0.05, 0.1) is 12.9 Å². The van der Waals surface area contributed by atoms with Gasteiger partial charge in [-0.05, 0) is 42.7 Å². The number of nitrogens with zero attached hydrogens (tertiary/aromatic N) is 3. The van der Waals surface area contributed by atoms with Crippen molar-refractivity contribution in [2.75, 3.05) is 18.7 Å². The molecule has 1 aromatic heterocycles. The molecule has 170 valence electrons. The molecule has 1 saturated carbocycles. The normalized spacial score (nSPS) is 21.1. The molecule has 0 unspecified atom stereocenters. The van der Waals surface area contributed by atoms with E-state index in [9.17, 15) is 4.79 Å². The van der Waals surface area contributed by atoms with Crippen molar-refractivity contribution in [3.8, 4) is 11.5 Å². The minimum atomic E-state index is -0.244. The summed E-state index contributed by atoms with van der Waals surface area (Å²) in [5, 5.41) is 8.59. The Labute approximate surface area is 187 Å². The Morgan fingerprint density at radius 2 is 2.06 bits per heavy atom. The molecule has 0 saturated heterocycles. The molecule has 8 nitrogen and oxygen atoms in total. The van der Waals surface area contributed by atoms with Crippen LogP contribution in [0.2, 0.25) is 0 Å². The Bertz CT molecular complexity index is 873. The summed E-state index contributed by atoms with van der Waals surface area (Å²) in [6.45, 7) is 6.76. The third-order valence-electron chi connectivity index (χ3n) is 5.71. The first kappa shape index (κ1) is 23.2. The lowest BCUT2D eigenvalue weighted by Crippen LogP contribution is -2.36. The smallest absolute Gasteiger partial charge is 0.316 e. The van der Waals surface area contributed by atoms with Crippen LogP contribution < -0.4 is 15.3 Å². The number of methoxy groups -OCH3 is 1. The average Bonchev–Trinajstić information content (AvgIpc) is 3.10. The van der Waals surface area contributed by atoms with Crippen molar-refractivity contribution in [1.29, 1.82) is 0 Å². The molecule has 1 aliphatic carbocycles. The Hall–Kier alpha value is -2.42. The van der Waals surface area contributed by atoms with Gasteiger partial charge in [0.15, 0.2) is 5.82 Å². The fourth-order valence-electron chi connectivity index (χ4n) is 3.92. The van der Waals surface area contributed by atoms with E-state index in [2.05, 4.69) is 31.0 Å². The minimum Gasteiger partial charge on any atom is -0.497 e. The van der Waals surface area contributed by atoms with Gasteiger partial charge in [-0.3, -0.25) is 4.79 Å². The molecule has 9 heteroatoms. The van der Waals surface area contributed by atoms with E-state index in [0.717, 1.165) is 12.8 Å². The number of hydrogen-bond acceptors (Lipinski definition) is 8. The third-order valence-corrected chi connectivity index (χ3v) is 6.62. The van der Waals surface area contributed by atoms with Crippen molar-refractivity contribution in [1.82, 2.24) is 14.9 Å². The van der Waals surface area contributed by atoms with Crippen LogP contribution in [0.1, 0.15) is 45.9 Å². The lowest BCUT2D eigenvalue weighted by atomic mass is 9.75. The molecule has 1 aliphatic rings. The molecular weight excluding hydrogens is 416 g/mol. The predicted molar refractivity (Wildman–Crippen MR) is 119 cm³/mol. The highest BCUT2D eigenvalue weighted by Gasteiger charge is 2.33. The quantitative estimate of drug-likeness (QED) is 0.352. The summed E-state index contributed by atoms with van der Waals surface area (Å²) in [5.41, 5.74) is 0. The highest BCUT2D eigenvalue weighted by Crippen LogP contribution is 2.35. The van der Waals surface area contributed by atoms with Crippen molar-refractivity contribution >= 4 is 17.7 Å². The first-order valence-corrected chi connectivity index (χ1v) is 11.6. The lowest BCUT2D eigenvalue weighted by Gasteiger charge is -2.36. The van der Waals surface area contributed by atoms with E-state index in [1.54, 1.807) is 13.2 Å². The summed E-state index contributed by atoms with van der Waals surface area (Å²) in [4.78, 5) is 12.5. The second-order valence-corrected chi connectivity index (χ2v) is 9.32. The Morgan fingerprint density at radius 1 is 1.29 bits per heavy atom. The summed E-state index contributed by atoms with van der Waals surface area (Å²) in [7, 11) is 1.60. The van der Waals surface area contributed by atoms with Crippen LogP contribution in [0.5, 0.6) is 11.5 Å². The van der Waals surface area contributed by atoms with E-state index in [-0.39, 0.29) is 24.4 Å². The van der Waals surface area contributed by atoms with Crippen LogP contribution in [0.25, 0.3) is 0 Å². The maximum atomic E-state index is 12.5. The van der Waals surface area contributed by atoms with Gasteiger partial charge in [-0.1, -0.05) is 45.0 Å². The van der Waals surface area contributed by atoms with Gasteiger partial charge in [0, 0.05) is 6.07 Å². The van der Waals surface area contributed by atoms with Crippen molar-refractivity contribution in [2.45, 2.75) is 57.9 Å². The Kier molecular flexibility index (Phi) is 8.06. The summed E-state index contributed by atoms with van der Waals surface area (Å²) >= 11 is 1.22. The molecule has 31 heavy (non-hydrogen) atoms.